The summed E-state index contributed by atoms with van der Waals surface area (Å²) < 4.78 is 5.25. The van der Waals surface area contributed by atoms with Crippen molar-refractivity contribution in [2.45, 2.75) is 13.3 Å². The van der Waals surface area contributed by atoms with Crippen molar-refractivity contribution < 1.29 is 4.74 Å². The highest BCUT2D eigenvalue weighted by Crippen LogP contribution is 2.29. The van der Waals surface area contributed by atoms with Crippen LogP contribution in [0.2, 0.25) is 0 Å². The van der Waals surface area contributed by atoms with E-state index in [0.717, 1.165) is 25.7 Å². The fourth-order valence-electron chi connectivity index (χ4n) is 2.33. The fourth-order valence-corrected chi connectivity index (χ4v) is 2.33. The van der Waals surface area contributed by atoms with Gasteiger partial charge in [-0.25, -0.2) is 0 Å². The third-order valence-electron chi connectivity index (χ3n) is 3.21. The topological polar surface area (TPSA) is 38.5 Å². The molecular weight excluding hydrogens is 164 g/mol. The van der Waals surface area contributed by atoms with Crippen LogP contribution in [0.25, 0.3) is 0 Å². The van der Waals surface area contributed by atoms with Gasteiger partial charge in [-0.15, -0.1) is 0 Å². The first-order valence-electron chi connectivity index (χ1n) is 5.22. The van der Waals surface area contributed by atoms with Crippen LogP contribution in [0.3, 0.4) is 0 Å². The van der Waals surface area contributed by atoms with E-state index >= 15 is 0 Å². The molecule has 0 amide bonds. The molecule has 0 aromatic carbocycles. The van der Waals surface area contributed by atoms with Crippen molar-refractivity contribution in [3.05, 3.63) is 0 Å². The van der Waals surface area contributed by atoms with Crippen molar-refractivity contribution >= 4 is 0 Å². The van der Waals surface area contributed by atoms with Gasteiger partial charge in [-0.05, 0) is 25.4 Å². The molecule has 3 heteroatoms. The van der Waals surface area contributed by atoms with Gasteiger partial charge in [0.05, 0.1) is 13.2 Å². The molecule has 1 unspecified atom stereocenters. The van der Waals surface area contributed by atoms with Gasteiger partial charge in [0.15, 0.2) is 0 Å². The van der Waals surface area contributed by atoms with Crippen molar-refractivity contribution in [1.29, 1.82) is 0 Å². The lowest BCUT2D eigenvalue weighted by Gasteiger charge is -2.40. The minimum atomic E-state index is 0.434. The molecule has 2 heterocycles. The summed E-state index contributed by atoms with van der Waals surface area (Å²) in [5.74, 6) is 0.740. The van der Waals surface area contributed by atoms with E-state index in [-0.39, 0.29) is 0 Å². The average Bonchev–Trinajstić information content (AvgIpc) is 2.49. The molecule has 0 spiro atoms. The van der Waals surface area contributed by atoms with Crippen LogP contribution in [0.5, 0.6) is 0 Å². The molecule has 0 aliphatic carbocycles. The quantitative estimate of drug-likeness (QED) is 0.686. The third kappa shape index (κ3) is 2.03. The second-order valence-electron chi connectivity index (χ2n) is 4.93. The van der Waals surface area contributed by atoms with E-state index in [1.54, 1.807) is 0 Å². The Labute approximate surface area is 80.2 Å². The first-order chi connectivity index (χ1) is 6.22. The lowest BCUT2D eigenvalue weighted by molar-refractivity contribution is -0.113. The molecular formula is C10H20N2O. The Balaban J connectivity index is 1.77. The number of nitrogens with two attached hydrogens (primary N) is 1. The minimum Gasteiger partial charge on any atom is -0.380 e. The number of hydrogen-bond donors (Lipinski definition) is 1. The van der Waals surface area contributed by atoms with Gasteiger partial charge >= 0.3 is 0 Å². The van der Waals surface area contributed by atoms with Crippen LogP contribution in [-0.2, 0) is 4.74 Å². The maximum absolute atomic E-state index is 5.65. The number of likely N-dealkylation sites (tertiary alicyclic amines) is 1. The van der Waals surface area contributed by atoms with E-state index in [1.165, 1.54) is 26.1 Å². The molecule has 1 atom stereocenters. The normalized spacial score (nSPS) is 33.2. The Hall–Kier alpha value is -0.120. The zero-order chi connectivity index (χ0) is 9.31. The largest absolute Gasteiger partial charge is 0.380 e. The summed E-state index contributed by atoms with van der Waals surface area (Å²) in [6, 6.07) is 0. The monoisotopic (exact) mass is 184 g/mol. The van der Waals surface area contributed by atoms with Gasteiger partial charge in [0.1, 0.15) is 0 Å². The Kier molecular flexibility index (Phi) is 2.58. The van der Waals surface area contributed by atoms with Gasteiger partial charge < -0.3 is 15.4 Å². The molecule has 2 aliphatic heterocycles. The summed E-state index contributed by atoms with van der Waals surface area (Å²) >= 11 is 0. The first-order valence-corrected chi connectivity index (χ1v) is 5.22. The molecule has 3 nitrogen and oxygen atoms in total. The molecule has 0 radical (unpaired) electrons. The maximum Gasteiger partial charge on any atom is 0.0554 e. The highest BCUT2D eigenvalue weighted by Gasteiger charge is 2.36. The molecule has 2 aliphatic rings. The smallest absolute Gasteiger partial charge is 0.0554 e. The average molecular weight is 184 g/mol. The van der Waals surface area contributed by atoms with Gasteiger partial charge in [0, 0.05) is 18.5 Å². The molecule has 2 N–H and O–H groups in total. The van der Waals surface area contributed by atoms with Crippen molar-refractivity contribution in [2.75, 3.05) is 39.4 Å². The summed E-state index contributed by atoms with van der Waals surface area (Å²) in [4.78, 5) is 2.54. The van der Waals surface area contributed by atoms with Gasteiger partial charge in [-0.2, -0.15) is 0 Å². The third-order valence-corrected chi connectivity index (χ3v) is 3.21. The van der Waals surface area contributed by atoms with Crippen LogP contribution in [0.4, 0.5) is 0 Å². The summed E-state index contributed by atoms with van der Waals surface area (Å²) in [5.41, 5.74) is 6.09. The second kappa shape index (κ2) is 3.56. The molecule has 0 aromatic rings. The summed E-state index contributed by atoms with van der Waals surface area (Å²) in [5, 5.41) is 0. The van der Waals surface area contributed by atoms with Crippen molar-refractivity contribution in [1.82, 2.24) is 4.90 Å². The zero-order valence-electron chi connectivity index (χ0n) is 8.46. The minimum absolute atomic E-state index is 0.434. The summed E-state index contributed by atoms with van der Waals surface area (Å²) in [7, 11) is 0. The molecule has 2 fully saturated rings. The van der Waals surface area contributed by atoms with Crippen LogP contribution < -0.4 is 5.73 Å². The van der Waals surface area contributed by atoms with E-state index in [9.17, 15) is 0 Å². The van der Waals surface area contributed by atoms with E-state index in [0.29, 0.717) is 5.41 Å². The van der Waals surface area contributed by atoms with Gasteiger partial charge in [-0.3, -0.25) is 0 Å². The Morgan fingerprint density at radius 3 is 2.77 bits per heavy atom. The standard InChI is InChI=1S/C10H20N2O/c1-10(7-13-8-10)6-12-3-2-9(4-11)5-12/h9H,2-8,11H2,1H3. The van der Waals surface area contributed by atoms with Crippen LogP contribution in [0.1, 0.15) is 13.3 Å². The predicted molar refractivity (Wildman–Crippen MR) is 52.5 cm³/mol. The van der Waals surface area contributed by atoms with Crippen molar-refractivity contribution in [3.63, 3.8) is 0 Å². The molecule has 13 heavy (non-hydrogen) atoms. The molecule has 2 saturated heterocycles. The fraction of sp³-hybridized carbons (Fsp3) is 1.00. The Morgan fingerprint density at radius 2 is 2.31 bits per heavy atom. The van der Waals surface area contributed by atoms with E-state index in [1.807, 2.05) is 0 Å². The second-order valence-corrected chi connectivity index (χ2v) is 4.93. The summed E-state index contributed by atoms with van der Waals surface area (Å²) in [6.07, 6.45) is 1.29. The molecule has 2 rings (SSSR count). The number of rotatable bonds is 3. The van der Waals surface area contributed by atoms with Gasteiger partial charge in [0.25, 0.3) is 0 Å². The molecule has 0 saturated carbocycles. The Bertz CT molecular complexity index is 180. The highest BCUT2D eigenvalue weighted by molar-refractivity contribution is 4.87. The predicted octanol–water partition coefficient (Wildman–Crippen LogP) is 0.304. The highest BCUT2D eigenvalue weighted by atomic mass is 16.5. The maximum atomic E-state index is 5.65. The van der Waals surface area contributed by atoms with Crippen LogP contribution >= 0.6 is 0 Å². The van der Waals surface area contributed by atoms with Gasteiger partial charge in [0.2, 0.25) is 0 Å². The van der Waals surface area contributed by atoms with Crippen LogP contribution in [-0.4, -0.2) is 44.3 Å². The number of hydrogen-bond acceptors (Lipinski definition) is 3. The number of nitrogens with zero attached hydrogens (tertiary/aromatic N) is 1. The van der Waals surface area contributed by atoms with Crippen molar-refractivity contribution in [2.24, 2.45) is 17.1 Å². The van der Waals surface area contributed by atoms with E-state index in [2.05, 4.69) is 11.8 Å². The molecule has 0 bridgehead atoms. The summed E-state index contributed by atoms with van der Waals surface area (Å²) in [6.45, 7) is 8.68. The van der Waals surface area contributed by atoms with Gasteiger partial charge in [-0.1, -0.05) is 6.92 Å². The SMILES string of the molecule is CC1(CN2CCC(CN)C2)COC1. The first kappa shape index (κ1) is 9.44. The molecule has 0 aromatic heterocycles. The van der Waals surface area contributed by atoms with Crippen LogP contribution in [0, 0.1) is 11.3 Å². The van der Waals surface area contributed by atoms with Crippen molar-refractivity contribution in [3.8, 4) is 0 Å². The Morgan fingerprint density at radius 1 is 1.54 bits per heavy atom. The lowest BCUT2D eigenvalue weighted by Crippen LogP contribution is -2.48. The van der Waals surface area contributed by atoms with Crippen LogP contribution in [0.15, 0.2) is 0 Å². The lowest BCUT2D eigenvalue weighted by atomic mass is 9.88. The number of ether oxygens (including phenoxy) is 1. The zero-order valence-corrected chi connectivity index (χ0v) is 8.46. The van der Waals surface area contributed by atoms with E-state index < -0.39 is 0 Å². The van der Waals surface area contributed by atoms with E-state index in [4.69, 9.17) is 10.5 Å². The molecule has 76 valence electrons.